The number of terminal acetylenes is 1. The largest absolute Gasteiger partial charge is 0.530 e. The lowest BCUT2D eigenvalue weighted by atomic mass is 9.91. The van der Waals surface area contributed by atoms with Crippen LogP contribution in [0.4, 0.5) is 14.9 Å². The van der Waals surface area contributed by atoms with Crippen LogP contribution in [0.3, 0.4) is 0 Å². The van der Waals surface area contributed by atoms with Gasteiger partial charge in [-0.25, -0.2) is 14.2 Å². The fraction of sp³-hybridized carbons (Fsp3) is 0.488. The molecule has 2 aromatic carbocycles. The normalized spacial score (nSPS) is 14.7. The number of nitrogens with zero attached hydrogens (tertiary/aromatic N) is 2. The minimum Gasteiger partial charge on any atom is -0.530 e. The summed E-state index contributed by atoms with van der Waals surface area (Å²) in [4.78, 5) is 34.5. The molecule has 2 amide bonds. The molecule has 10 heteroatoms. The highest BCUT2D eigenvalue weighted by Crippen LogP contribution is 2.44. The first-order valence-corrected chi connectivity index (χ1v) is 20.5. The number of fused-ring (bicyclic) bond motifs is 1. The second-order valence-corrected chi connectivity index (χ2v) is 21.2. The number of hydrogen-bond acceptors (Lipinski definition) is 6. The van der Waals surface area contributed by atoms with Crippen molar-refractivity contribution in [2.45, 2.75) is 116 Å². The Morgan fingerprint density at radius 3 is 2.25 bits per heavy atom. The van der Waals surface area contributed by atoms with E-state index in [0.717, 1.165) is 22.4 Å². The van der Waals surface area contributed by atoms with Crippen molar-refractivity contribution in [3.05, 3.63) is 82.8 Å². The van der Waals surface area contributed by atoms with Gasteiger partial charge in [0.2, 0.25) is 11.8 Å². The van der Waals surface area contributed by atoms with Crippen molar-refractivity contribution in [1.29, 1.82) is 0 Å². The van der Waals surface area contributed by atoms with Crippen LogP contribution in [0.5, 0.6) is 11.6 Å². The summed E-state index contributed by atoms with van der Waals surface area (Å²) in [5, 5.41) is 2.81. The van der Waals surface area contributed by atoms with E-state index in [-0.39, 0.29) is 23.4 Å². The van der Waals surface area contributed by atoms with Gasteiger partial charge in [-0.15, -0.1) is 6.42 Å². The average Bonchev–Trinajstić information content (AvgIpc) is 3.28. The number of benzene rings is 2. The Balaban J connectivity index is 1.68. The summed E-state index contributed by atoms with van der Waals surface area (Å²) in [6, 6.07) is 15.2. The summed E-state index contributed by atoms with van der Waals surface area (Å²) >= 11 is 0. The minimum atomic E-state index is -2.31. The number of halogens is 1. The zero-order chi connectivity index (χ0) is 37.8. The second kappa shape index (κ2) is 15.5. The van der Waals surface area contributed by atoms with Crippen molar-refractivity contribution < 1.29 is 27.9 Å². The van der Waals surface area contributed by atoms with Crippen LogP contribution in [0.1, 0.15) is 90.6 Å². The summed E-state index contributed by atoms with van der Waals surface area (Å²) in [5.74, 6) is 3.15. The fourth-order valence-electron chi connectivity index (χ4n) is 5.70. The van der Waals surface area contributed by atoms with Crippen molar-refractivity contribution in [3.8, 4) is 24.0 Å². The number of carbonyl (C=O) groups is 2. The van der Waals surface area contributed by atoms with Gasteiger partial charge < -0.3 is 24.1 Å². The number of pyridine rings is 1. The molecule has 2 heterocycles. The molecule has 0 unspecified atom stereocenters. The summed E-state index contributed by atoms with van der Waals surface area (Å²) in [6.07, 6.45) is 6.81. The quantitative estimate of drug-likeness (QED) is 0.149. The lowest BCUT2D eigenvalue weighted by Gasteiger charge is -2.36. The Morgan fingerprint density at radius 1 is 1.04 bits per heavy atom. The van der Waals surface area contributed by atoms with E-state index in [9.17, 15) is 14.0 Å². The first-order chi connectivity index (χ1) is 23.7. The Morgan fingerprint density at radius 2 is 1.67 bits per heavy atom. The predicted molar refractivity (Wildman–Crippen MR) is 204 cm³/mol. The number of nitrogens with one attached hydrogen (secondary N) is 1. The number of amides is 2. The maximum Gasteiger partial charge on any atom is 0.408 e. The molecule has 1 N–H and O–H groups in total. The summed E-state index contributed by atoms with van der Waals surface area (Å²) in [5.41, 5.74) is 3.00. The lowest BCUT2D eigenvalue weighted by Crippen LogP contribution is -2.50. The molecule has 4 rings (SSSR count). The third-order valence-corrected chi connectivity index (χ3v) is 13.8. The van der Waals surface area contributed by atoms with Crippen LogP contribution in [0, 0.1) is 18.2 Å². The van der Waals surface area contributed by atoms with Crippen molar-refractivity contribution in [3.63, 3.8) is 0 Å². The fourth-order valence-corrected chi connectivity index (χ4v) is 6.66. The molecule has 1 aromatic heterocycles. The minimum absolute atomic E-state index is 0.0727. The molecular weight excluding hydrogens is 662 g/mol. The van der Waals surface area contributed by atoms with Crippen LogP contribution in [0.2, 0.25) is 18.1 Å². The molecule has 1 aliphatic heterocycles. The van der Waals surface area contributed by atoms with Gasteiger partial charge in [0.1, 0.15) is 29.8 Å². The first kappa shape index (κ1) is 39.4. The van der Waals surface area contributed by atoms with Crippen LogP contribution in [0.15, 0.2) is 54.6 Å². The van der Waals surface area contributed by atoms with Gasteiger partial charge in [-0.3, -0.25) is 4.79 Å². The number of ether oxygens (including phenoxy) is 2. The van der Waals surface area contributed by atoms with Crippen LogP contribution >= 0.6 is 0 Å². The Kier molecular flexibility index (Phi) is 12.0. The zero-order valence-corrected chi connectivity index (χ0v) is 32.9. The molecule has 1 aliphatic rings. The smallest absolute Gasteiger partial charge is 0.408 e. The standard InChI is InChI=1S/C41H54FN3O5Si/c1-12-24-48-32-22-18-28(19-23-32)14-13-15-33(43-38(47)49-39(2,3)4)37(46)45-27-41(8,9)35-34(45)26-30(25-29-16-20-31(42)21-17-29)36(44-35)50-51(10,11)40(5,6)7/h1,16-23,26,33H,13-15,24-25,27H2,2-11H3,(H,43,47)/t33-/m0/s1. The SMILES string of the molecule is C#CCOc1ccc(CCC[C@H](NC(=O)OC(C)(C)C)C(=O)N2CC(C)(C)c3nc(O[Si](C)(C)C(C)(C)C)c(Cc4ccc(F)cc4)cc32)cc1. The molecule has 0 spiro atoms. The number of carbonyl (C=O) groups excluding carboxylic acids is 2. The topological polar surface area (TPSA) is 90.0 Å². The molecule has 0 fully saturated rings. The highest BCUT2D eigenvalue weighted by atomic mass is 28.4. The number of aryl methyl sites for hydroxylation is 1. The van der Waals surface area contributed by atoms with Crippen LogP contribution in [-0.4, -0.2) is 50.1 Å². The molecular formula is C41H54FN3O5Si. The van der Waals surface area contributed by atoms with Crippen LogP contribution < -0.4 is 19.4 Å². The van der Waals surface area contributed by atoms with Crippen LogP contribution in [-0.2, 0) is 27.8 Å². The van der Waals surface area contributed by atoms with E-state index < -0.39 is 31.5 Å². The number of hydrogen-bond donors (Lipinski definition) is 1. The van der Waals surface area contributed by atoms with Gasteiger partial charge in [-0.1, -0.05) is 64.8 Å². The van der Waals surface area contributed by atoms with Gasteiger partial charge in [-0.2, -0.15) is 0 Å². The molecule has 1 atom stereocenters. The summed E-state index contributed by atoms with van der Waals surface area (Å²) < 4.78 is 31.7. The third kappa shape index (κ3) is 10.3. The van der Waals surface area contributed by atoms with E-state index in [2.05, 4.69) is 58.9 Å². The summed E-state index contributed by atoms with van der Waals surface area (Å²) in [6.45, 7) is 21.0. The van der Waals surface area contributed by atoms with E-state index >= 15 is 0 Å². The Hall–Kier alpha value is -4.36. The monoisotopic (exact) mass is 715 g/mol. The molecule has 0 saturated heterocycles. The van der Waals surface area contributed by atoms with E-state index in [1.807, 2.05) is 30.3 Å². The highest BCUT2D eigenvalue weighted by Gasteiger charge is 2.44. The zero-order valence-electron chi connectivity index (χ0n) is 31.9. The Bertz CT molecular complexity index is 1740. The van der Waals surface area contributed by atoms with Crippen molar-refractivity contribution in [2.24, 2.45) is 0 Å². The van der Waals surface area contributed by atoms with Crippen LogP contribution in [0.25, 0.3) is 0 Å². The van der Waals surface area contributed by atoms with Crippen molar-refractivity contribution in [2.75, 3.05) is 18.1 Å². The van der Waals surface area contributed by atoms with Gasteiger partial charge in [0, 0.05) is 23.9 Å². The van der Waals surface area contributed by atoms with Gasteiger partial charge >= 0.3 is 6.09 Å². The predicted octanol–water partition coefficient (Wildman–Crippen LogP) is 8.75. The maximum atomic E-state index is 14.6. The molecule has 0 aliphatic carbocycles. The average molecular weight is 716 g/mol. The summed E-state index contributed by atoms with van der Waals surface area (Å²) in [7, 11) is -2.31. The van der Waals surface area contributed by atoms with Crippen molar-refractivity contribution in [1.82, 2.24) is 10.3 Å². The van der Waals surface area contributed by atoms with E-state index in [4.69, 9.17) is 25.3 Å². The van der Waals surface area contributed by atoms with E-state index in [1.54, 1.807) is 37.8 Å². The number of rotatable bonds is 12. The van der Waals surface area contributed by atoms with Gasteiger partial charge in [0.15, 0.2) is 0 Å². The number of alkyl carbamates (subject to hydrolysis) is 1. The van der Waals surface area contributed by atoms with Gasteiger partial charge in [0.05, 0.1) is 11.4 Å². The number of anilines is 1. The third-order valence-electron chi connectivity index (χ3n) is 9.45. The van der Waals surface area contributed by atoms with Gasteiger partial charge in [-0.05, 0) is 99.6 Å². The van der Waals surface area contributed by atoms with Crippen molar-refractivity contribution >= 4 is 26.0 Å². The number of aromatic nitrogens is 1. The second-order valence-electron chi connectivity index (χ2n) is 16.5. The lowest BCUT2D eigenvalue weighted by molar-refractivity contribution is -0.120. The molecule has 274 valence electrons. The molecule has 8 nitrogen and oxygen atoms in total. The molecule has 0 radical (unpaired) electrons. The Labute approximate surface area is 304 Å². The molecule has 51 heavy (non-hydrogen) atoms. The molecule has 3 aromatic rings. The maximum absolute atomic E-state index is 14.6. The van der Waals surface area contributed by atoms with E-state index in [1.165, 1.54) is 12.1 Å². The van der Waals surface area contributed by atoms with Gasteiger partial charge in [0.25, 0.3) is 8.32 Å². The highest BCUT2D eigenvalue weighted by molar-refractivity contribution is 6.74. The first-order valence-electron chi connectivity index (χ1n) is 17.6. The molecule has 0 bridgehead atoms. The molecule has 0 saturated carbocycles. The van der Waals surface area contributed by atoms with E-state index in [0.29, 0.717) is 49.5 Å².